The predicted molar refractivity (Wildman–Crippen MR) is 102 cm³/mol. The fourth-order valence-corrected chi connectivity index (χ4v) is 2.26. The molecule has 28 heavy (non-hydrogen) atoms. The van der Waals surface area contributed by atoms with Crippen LogP contribution >= 0.6 is 0 Å². The second-order valence-electron chi connectivity index (χ2n) is 5.64. The van der Waals surface area contributed by atoms with Crippen LogP contribution in [0.5, 0.6) is 23.0 Å². The van der Waals surface area contributed by atoms with Gasteiger partial charge in [0, 0.05) is 20.1 Å². The molecule has 0 aliphatic carbocycles. The Morgan fingerprint density at radius 1 is 0.821 bits per heavy atom. The predicted octanol–water partition coefficient (Wildman–Crippen LogP) is 3.37. The number of carbonyl (C=O) groups excluding carboxylic acids is 2. The van der Waals surface area contributed by atoms with Gasteiger partial charge in [0.15, 0.2) is 34.6 Å². The molecule has 0 unspecified atom stereocenters. The summed E-state index contributed by atoms with van der Waals surface area (Å²) in [6, 6.07) is 9.34. The zero-order valence-corrected chi connectivity index (χ0v) is 17.7. The minimum atomic E-state index is -0.347. The smallest absolute Gasteiger partial charge is 0.163 e. The first-order valence-electron chi connectivity index (χ1n) is 8.08. The molecular formula is C21H20IrO6. The number of rotatable bonds is 8. The van der Waals surface area contributed by atoms with E-state index in [1.807, 2.05) is 0 Å². The summed E-state index contributed by atoms with van der Waals surface area (Å²) in [5.41, 5.74) is 1.33. The van der Waals surface area contributed by atoms with Crippen LogP contribution < -0.4 is 9.47 Å². The van der Waals surface area contributed by atoms with Crippen molar-refractivity contribution in [3.05, 3.63) is 59.7 Å². The summed E-state index contributed by atoms with van der Waals surface area (Å²) in [6.07, 6.45) is 5.44. The van der Waals surface area contributed by atoms with Gasteiger partial charge in [0.25, 0.3) is 0 Å². The minimum absolute atomic E-state index is 0. The number of phenolic OH excluding ortho intramolecular Hbond substituents is 2. The van der Waals surface area contributed by atoms with Crippen molar-refractivity contribution in [1.29, 1.82) is 0 Å². The molecule has 0 saturated carbocycles. The van der Waals surface area contributed by atoms with Gasteiger partial charge in [0.1, 0.15) is 0 Å². The average Bonchev–Trinajstić information content (AvgIpc) is 2.66. The van der Waals surface area contributed by atoms with Gasteiger partial charge in [0.2, 0.25) is 0 Å². The Balaban J connectivity index is 0.00000392. The maximum atomic E-state index is 11.9. The van der Waals surface area contributed by atoms with E-state index in [2.05, 4.69) is 0 Å². The van der Waals surface area contributed by atoms with Crippen LogP contribution in [0.15, 0.2) is 48.6 Å². The van der Waals surface area contributed by atoms with Crippen LogP contribution in [0.3, 0.4) is 0 Å². The van der Waals surface area contributed by atoms with Crippen molar-refractivity contribution in [1.82, 2.24) is 0 Å². The van der Waals surface area contributed by atoms with Crippen LogP contribution in [0.1, 0.15) is 17.5 Å². The Morgan fingerprint density at radius 3 is 1.57 bits per heavy atom. The molecule has 0 fully saturated rings. The fourth-order valence-electron chi connectivity index (χ4n) is 2.26. The standard InChI is InChI=1S/C21H20O6.Ir/c1-26-20-11-14(5-9-18(20)24)3-7-16(22)13-17(23)8-4-15-6-10-19(25)21(12-15)27-2;/h3-12,24-25H,13H2,1-2H3;/b7-3+,8-4+;. The first kappa shape index (κ1) is 23.1. The van der Waals surface area contributed by atoms with Crippen molar-refractivity contribution in [2.24, 2.45) is 0 Å². The van der Waals surface area contributed by atoms with Crippen LogP contribution in [0.25, 0.3) is 12.2 Å². The zero-order valence-electron chi connectivity index (χ0n) is 15.3. The normalized spacial score (nSPS) is 10.6. The second kappa shape index (κ2) is 11.1. The molecule has 2 N–H and O–H groups in total. The van der Waals surface area contributed by atoms with Gasteiger partial charge in [0.05, 0.1) is 20.6 Å². The van der Waals surface area contributed by atoms with Gasteiger partial charge in [-0.3, -0.25) is 9.59 Å². The minimum Gasteiger partial charge on any atom is -0.504 e. The monoisotopic (exact) mass is 561 g/mol. The summed E-state index contributed by atoms with van der Waals surface area (Å²) < 4.78 is 10.00. The molecule has 149 valence electrons. The third kappa shape index (κ3) is 6.68. The van der Waals surface area contributed by atoms with Gasteiger partial charge in [-0.2, -0.15) is 0 Å². The number of carbonyl (C=O) groups is 2. The number of hydrogen-bond acceptors (Lipinski definition) is 6. The van der Waals surface area contributed by atoms with Crippen molar-refractivity contribution < 1.29 is 49.4 Å². The Morgan fingerprint density at radius 2 is 1.21 bits per heavy atom. The molecule has 7 heteroatoms. The molecule has 6 nitrogen and oxygen atoms in total. The van der Waals surface area contributed by atoms with E-state index in [1.165, 1.54) is 38.5 Å². The second-order valence-corrected chi connectivity index (χ2v) is 5.64. The molecule has 0 aromatic heterocycles. The molecular weight excluding hydrogens is 540 g/mol. The van der Waals surface area contributed by atoms with Crippen LogP contribution in [-0.4, -0.2) is 36.0 Å². The van der Waals surface area contributed by atoms with Crippen LogP contribution in [0, 0.1) is 0 Å². The third-order valence-corrected chi connectivity index (χ3v) is 3.68. The molecule has 0 spiro atoms. The summed E-state index contributed by atoms with van der Waals surface area (Å²) in [6.45, 7) is 0. The summed E-state index contributed by atoms with van der Waals surface area (Å²) in [5.74, 6) is -0.0832. The van der Waals surface area contributed by atoms with E-state index in [9.17, 15) is 19.8 Å². The molecule has 0 bridgehead atoms. The van der Waals surface area contributed by atoms with Crippen LogP contribution in [0.2, 0.25) is 0 Å². The molecule has 2 rings (SSSR count). The van der Waals surface area contributed by atoms with E-state index in [4.69, 9.17) is 9.47 Å². The number of aromatic hydroxyl groups is 2. The van der Waals surface area contributed by atoms with Gasteiger partial charge < -0.3 is 19.7 Å². The van der Waals surface area contributed by atoms with Crippen LogP contribution in [-0.2, 0) is 29.7 Å². The van der Waals surface area contributed by atoms with Gasteiger partial charge >= 0.3 is 0 Å². The van der Waals surface area contributed by atoms with Crippen molar-refractivity contribution >= 4 is 23.7 Å². The van der Waals surface area contributed by atoms with Crippen molar-refractivity contribution in [3.63, 3.8) is 0 Å². The maximum Gasteiger partial charge on any atom is 0.163 e. The van der Waals surface area contributed by atoms with E-state index in [0.29, 0.717) is 22.6 Å². The van der Waals surface area contributed by atoms with Crippen molar-refractivity contribution in [2.45, 2.75) is 6.42 Å². The number of hydrogen-bond donors (Lipinski definition) is 2. The Hall–Kier alpha value is -2.89. The largest absolute Gasteiger partial charge is 0.504 e. The molecule has 0 amide bonds. The van der Waals surface area contributed by atoms with E-state index in [1.54, 1.807) is 36.4 Å². The Labute approximate surface area is 176 Å². The maximum absolute atomic E-state index is 11.9. The summed E-state index contributed by atoms with van der Waals surface area (Å²) >= 11 is 0. The van der Waals surface area contributed by atoms with Crippen molar-refractivity contribution in [2.75, 3.05) is 14.2 Å². The molecule has 1 radical (unpaired) electrons. The van der Waals surface area contributed by atoms with E-state index in [0.717, 1.165) is 0 Å². The molecule has 0 saturated heterocycles. The average molecular weight is 561 g/mol. The molecule has 0 aliphatic heterocycles. The Bertz CT molecular complexity index is 828. The van der Waals surface area contributed by atoms with Gasteiger partial charge in [-0.15, -0.1) is 0 Å². The van der Waals surface area contributed by atoms with E-state index in [-0.39, 0.29) is 49.6 Å². The first-order valence-corrected chi connectivity index (χ1v) is 8.08. The Kier molecular flexibility index (Phi) is 9.15. The number of allylic oxidation sites excluding steroid dienone is 2. The molecule has 0 aliphatic rings. The van der Waals surface area contributed by atoms with E-state index >= 15 is 0 Å². The van der Waals surface area contributed by atoms with Gasteiger partial charge in [-0.25, -0.2) is 0 Å². The molecule has 0 heterocycles. The third-order valence-electron chi connectivity index (χ3n) is 3.68. The molecule has 2 aromatic rings. The SMILES string of the molecule is COc1cc(/C=C/C(=O)CC(=O)/C=C/c2ccc(O)c(OC)c2)ccc1O.[Ir]. The molecule has 2 aromatic carbocycles. The zero-order chi connectivity index (χ0) is 19.8. The topological polar surface area (TPSA) is 93.1 Å². The summed E-state index contributed by atoms with van der Waals surface area (Å²) in [4.78, 5) is 23.9. The summed E-state index contributed by atoms with van der Waals surface area (Å²) in [7, 11) is 2.87. The number of ketones is 2. The number of phenols is 2. The number of ether oxygens (including phenoxy) is 2. The first-order chi connectivity index (χ1) is 12.9. The summed E-state index contributed by atoms with van der Waals surface area (Å²) in [5, 5.41) is 19.1. The van der Waals surface area contributed by atoms with Gasteiger partial charge in [-0.05, 0) is 47.5 Å². The van der Waals surface area contributed by atoms with Gasteiger partial charge in [-0.1, -0.05) is 24.3 Å². The van der Waals surface area contributed by atoms with Crippen molar-refractivity contribution in [3.8, 4) is 23.0 Å². The fraction of sp³-hybridized carbons (Fsp3) is 0.143. The number of benzene rings is 2. The number of methoxy groups -OCH3 is 2. The van der Waals surface area contributed by atoms with E-state index < -0.39 is 0 Å². The van der Waals surface area contributed by atoms with Crippen LogP contribution in [0.4, 0.5) is 0 Å². The molecule has 0 atom stereocenters. The quantitative estimate of drug-likeness (QED) is 0.380.